The number of anilines is 4. The fraction of sp³-hybridized carbons (Fsp3) is 0.265. The Kier molecular flexibility index (Phi) is 16.1. The first kappa shape index (κ1) is 52.8. The topological polar surface area (TPSA) is 105 Å². The van der Waals surface area contributed by atoms with Gasteiger partial charge in [-0.05, 0) is 101 Å². The predicted molar refractivity (Wildman–Crippen MR) is 313 cm³/mol. The Morgan fingerprint density at radius 3 is 1.50 bits per heavy atom. The number of nitrogens with one attached hydrogen (secondary N) is 2. The summed E-state index contributed by atoms with van der Waals surface area (Å²) >= 11 is 0. The molecule has 2 aliphatic carbocycles. The van der Waals surface area contributed by atoms with Crippen molar-refractivity contribution in [2.24, 2.45) is 11.8 Å². The third kappa shape index (κ3) is 10.6. The van der Waals surface area contributed by atoms with Crippen molar-refractivity contribution in [2.75, 3.05) is 10.2 Å². The highest BCUT2D eigenvalue weighted by Crippen LogP contribution is 2.50. The van der Waals surface area contributed by atoms with Crippen molar-refractivity contribution >= 4 is 79.4 Å². The van der Waals surface area contributed by atoms with Gasteiger partial charge in [-0.2, -0.15) is 4.58 Å². The fourth-order valence-electron chi connectivity index (χ4n) is 10.7. The van der Waals surface area contributed by atoms with Gasteiger partial charge in [0.25, 0.3) is 0 Å². The lowest BCUT2D eigenvalue weighted by Crippen LogP contribution is -2.37. The third-order valence-corrected chi connectivity index (χ3v) is 15.2. The largest absolute Gasteiger partial charge is 0.871 e. The van der Waals surface area contributed by atoms with E-state index in [0.717, 1.165) is 93.0 Å². The van der Waals surface area contributed by atoms with Crippen LogP contribution in [0.3, 0.4) is 0 Å². The van der Waals surface area contributed by atoms with Crippen LogP contribution in [0.2, 0.25) is 0 Å². The van der Waals surface area contributed by atoms with Crippen LogP contribution in [0.1, 0.15) is 118 Å². The molecule has 0 bridgehead atoms. The molecule has 2 N–H and O–H groups in total. The molecule has 0 saturated carbocycles. The molecule has 0 aromatic heterocycles. The lowest BCUT2D eigenvalue weighted by atomic mass is 9.74. The van der Waals surface area contributed by atoms with Crippen molar-refractivity contribution < 1.29 is 19.5 Å². The van der Waals surface area contributed by atoms with Gasteiger partial charge >= 0.3 is 0 Å². The number of benzene rings is 7. The van der Waals surface area contributed by atoms with Crippen molar-refractivity contribution in [3.05, 3.63) is 214 Å². The number of carbonyl (C=O) groups excluding carboxylic acids is 3. The average molecular weight is 1010 g/mol. The van der Waals surface area contributed by atoms with E-state index in [-0.39, 0.29) is 34.8 Å². The van der Waals surface area contributed by atoms with Crippen LogP contribution in [0.4, 0.5) is 34.1 Å². The highest BCUT2D eigenvalue weighted by atomic mass is 16.3. The number of amides is 2. The van der Waals surface area contributed by atoms with E-state index in [9.17, 15) is 9.59 Å². The summed E-state index contributed by atoms with van der Waals surface area (Å²) < 4.78 is 2.17. The minimum Gasteiger partial charge on any atom is -0.871 e. The van der Waals surface area contributed by atoms with Crippen LogP contribution in [0, 0.1) is 39.5 Å². The minimum absolute atomic E-state index is 0.00682. The van der Waals surface area contributed by atoms with Crippen molar-refractivity contribution in [1.82, 2.24) is 9.89 Å². The normalized spacial score (nSPS) is 14.9. The highest BCUT2D eigenvalue weighted by Gasteiger charge is 2.40. The number of hydrogen-bond donors (Lipinski definition) is 2. The lowest BCUT2D eigenvalue weighted by Gasteiger charge is -2.37. The van der Waals surface area contributed by atoms with Crippen LogP contribution >= 0.6 is 0 Å². The van der Waals surface area contributed by atoms with Crippen LogP contribution in [0.25, 0.3) is 21.9 Å². The monoisotopic (exact) mass is 1010 g/mol. The number of allylic oxidation sites excluding steroid dienone is 4. The van der Waals surface area contributed by atoms with Gasteiger partial charge in [0, 0.05) is 81.2 Å². The molecule has 386 valence electrons. The van der Waals surface area contributed by atoms with Crippen molar-refractivity contribution in [3.8, 4) is 0 Å². The molecule has 0 spiro atoms. The Labute approximate surface area is 449 Å². The van der Waals surface area contributed by atoms with Crippen LogP contribution < -0.4 is 25.2 Å². The average Bonchev–Trinajstić information content (AvgIpc) is 3.45. The van der Waals surface area contributed by atoms with Crippen LogP contribution in [0.15, 0.2) is 175 Å². The van der Waals surface area contributed by atoms with E-state index < -0.39 is 11.5 Å². The lowest BCUT2D eigenvalue weighted by molar-refractivity contribution is -0.297. The van der Waals surface area contributed by atoms with Gasteiger partial charge in [-0.3, -0.25) is 14.4 Å². The number of fused-ring (bicyclic) bond motifs is 2. The van der Waals surface area contributed by atoms with E-state index in [0.29, 0.717) is 59.2 Å². The summed E-state index contributed by atoms with van der Waals surface area (Å²) in [4.78, 5) is 47.1. The maximum absolute atomic E-state index is 15.7. The highest BCUT2D eigenvalue weighted by molar-refractivity contribution is 6.44. The molecular weight excluding hydrogens is 937 g/mol. The number of carbonyl (C=O) groups is 3. The molecule has 0 heterocycles. The van der Waals surface area contributed by atoms with E-state index in [4.69, 9.17) is 0 Å². The summed E-state index contributed by atoms with van der Waals surface area (Å²) in [5, 5.41) is 23.8. The smallest absolute Gasteiger partial charge is 0.227 e. The first-order valence-corrected chi connectivity index (χ1v) is 27.3. The van der Waals surface area contributed by atoms with Gasteiger partial charge in [-0.15, -0.1) is 0 Å². The van der Waals surface area contributed by atoms with E-state index in [1.807, 2.05) is 74.5 Å². The maximum atomic E-state index is 15.7. The number of unbranched alkanes of at least 4 members (excludes halogenated alkanes) is 2. The number of nitrogens with zero attached hydrogens (tertiary/aromatic N) is 2. The van der Waals surface area contributed by atoms with Gasteiger partial charge in [0.1, 0.15) is 0 Å². The van der Waals surface area contributed by atoms with Crippen molar-refractivity contribution in [3.63, 3.8) is 0 Å². The molecule has 76 heavy (non-hydrogen) atoms. The van der Waals surface area contributed by atoms with Crippen LogP contribution in [-0.2, 0) is 14.4 Å². The third-order valence-electron chi connectivity index (χ3n) is 15.2. The van der Waals surface area contributed by atoms with Crippen LogP contribution in [0.5, 0.6) is 0 Å². The molecule has 2 unspecified atom stereocenters. The number of rotatable bonds is 18. The number of hydrogen-bond acceptors (Lipinski definition) is 5. The second-order valence-corrected chi connectivity index (χ2v) is 20.6. The molecule has 9 rings (SSSR count). The van der Waals surface area contributed by atoms with Gasteiger partial charge in [0.2, 0.25) is 28.9 Å². The van der Waals surface area contributed by atoms with Crippen molar-refractivity contribution in [2.45, 2.75) is 107 Å². The van der Waals surface area contributed by atoms with Gasteiger partial charge in [0.15, 0.2) is 5.78 Å². The molecule has 7 aromatic carbocycles. The molecule has 8 heteroatoms. The maximum Gasteiger partial charge on any atom is 0.227 e. The first-order valence-electron chi connectivity index (χ1n) is 27.3. The molecule has 8 nitrogen and oxygen atoms in total. The van der Waals surface area contributed by atoms with Crippen LogP contribution in [-0.4, -0.2) is 23.3 Å². The van der Waals surface area contributed by atoms with E-state index in [1.54, 1.807) is 0 Å². The summed E-state index contributed by atoms with van der Waals surface area (Å²) in [6.45, 7) is 16.5. The molecule has 2 amide bonds. The summed E-state index contributed by atoms with van der Waals surface area (Å²) in [6, 6.07) is 50.9. The molecular formula is C68H70N4O4. The SMILES string of the molecule is CCCCC(CC)C(=O)NC1=CC(=[N+](c2ccc(C)cc2)c2ccc(C)cc2)c2ccccc2C1=C1C(=O)C(c2c(NC(=O)C(CC)CCCC)cc(N(c3ccc(C)cc3)c3ccc(C)cc3)c3ccccc23)=C1[O-]. The number of ketones is 1. The van der Waals surface area contributed by atoms with E-state index in [2.05, 4.69) is 159 Å². The van der Waals surface area contributed by atoms with Gasteiger partial charge in [-0.25, -0.2) is 0 Å². The van der Waals surface area contributed by atoms with Gasteiger partial charge < -0.3 is 20.6 Å². The second-order valence-electron chi connectivity index (χ2n) is 20.6. The Morgan fingerprint density at radius 1 is 0.553 bits per heavy atom. The van der Waals surface area contributed by atoms with Crippen molar-refractivity contribution in [1.29, 1.82) is 0 Å². The number of Topliss-reactive ketones (excluding diaryl/α,β-unsaturated/α-hetero) is 1. The Bertz CT molecular complexity index is 3360. The summed E-state index contributed by atoms with van der Waals surface area (Å²) in [5.74, 6) is -1.80. The Balaban J connectivity index is 1.32. The fourth-order valence-corrected chi connectivity index (χ4v) is 10.7. The number of aryl methyl sites for hydroxylation is 4. The Morgan fingerprint density at radius 2 is 1.01 bits per heavy atom. The zero-order chi connectivity index (χ0) is 53.6. The summed E-state index contributed by atoms with van der Waals surface area (Å²) in [5.41, 5.74) is 12.6. The van der Waals surface area contributed by atoms with E-state index >= 15 is 9.90 Å². The van der Waals surface area contributed by atoms with Gasteiger partial charge in [0.05, 0.1) is 22.6 Å². The minimum atomic E-state index is -0.453. The summed E-state index contributed by atoms with van der Waals surface area (Å²) in [6.07, 6.45) is 8.29. The molecule has 0 aliphatic heterocycles. The second kappa shape index (κ2) is 23.2. The van der Waals surface area contributed by atoms with Gasteiger partial charge in [-0.1, -0.05) is 172 Å². The summed E-state index contributed by atoms with van der Waals surface area (Å²) in [7, 11) is 0. The Hall–Kier alpha value is -8.10. The standard InChI is InChI=1S/C68H70N4O4/c1-9-13-19-47(11-3)67(75)69-57-41-59(71(49-33-25-43(5)26-34-49)50-35-27-44(6)28-36-50)53-21-15-17-23-55(53)61(57)63-65(73)64(66(63)74)62-56-24-18-16-22-54(56)60(42-58(62)70-68(76)48(12-4)20-14-10-2)72(51-37-29-45(7)30-38-51)52-39-31-46(8)32-40-52/h15-18,21-42,47-48H,9-14,19-20H2,1-8H3,(H2,69,70,73,74,75,76). The quantitative estimate of drug-likeness (QED) is 0.0658. The van der Waals surface area contributed by atoms with E-state index in [1.165, 1.54) is 0 Å². The molecule has 0 radical (unpaired) electrons. The molecule has 2 atom stereocenters. The molecule has 0 fully saturated rings. The zero-order valence-electron chi connectivity index (χ0n) is 45.4. The first-order chi connectivity index (χ1) is 36.8. The molecule has 2 aliphatic rings. The zero-order valence-corrected chi connectivity index (χ0v) is 45.4. The molecule has 0 saturated heterocycles. The predicted octanol–water partition coefficient (Wildman–Crippen LogP) is 15.4. The molecule has 7 aromatic rings.